The first kappa shape index (κ1) is 32.1. The van der Waals surface area contributed by atoms with Crippen LogP contribution in [0, 0.1) is 0 Å². The quantitative estimate of drug-likeness (QED) is 0.187. The van der Waals surface area contributed by atoms with Crippen molar-refractivity contribution in [3.63, 3.8) is 0 Å². The Morgan fingerprint density at radius 3 is 2.38 bits per heavy atom. The van der Waals surface area contributed by atoms with Crippen LogP contribution in [0.25, 0.3) is 0 Å². The molecule has 0 aliphatic carbocycles. The Morgan fingerprint density at radius 1 is 1.10 bits per heavy atom. The summed E-state index contributed by atoms with van der Waals surface area (Å²) in [5, 5.41) is 34.2. The molecule has 0 aromatic heterocycles. The summed E-state index contributed by atoms with van der Waals surface area (Å²) in [5.41, 5.74) is 0.710. The molecule has 2 saturated heterocycles. The van der Waals surface area contributed by atoms with Crippen LogP contribution < -0.4 is 10.6 Å². The van der Waals surface area contributed by atoms with Gasteiger partial charge in [0.15, 0.2) is 11.4 Å². The Labute approximate surface area is 248 Å². The molecular weight excluding hydrogens is 585 g/mol. The van der Waals surface area contributed by atoms with Gasteiger partial charge in [0.2, 0.25) is 5.91 Å². The van der Waals surface area contributed by atoms with Crippen LogP contribution in [0.4, 0.5) is 4.79 Å². The Balaban J connectivity index is 1.77. The molecule has 0 spiro atoms. The first-order valence-corrected chi connectivity index (χ1v) is 14.1. The molecule has 0 saturated carbocycles. The second-order valence-corrected chi connectivity index (χ2v) is 11.1. The SMILES string of the molecule is COC(=O)N1CC(CN2CCCC2)N(C(=O)Cc2ccc(Cl)c(Cl)c2)CC1CNC(=S)N[C@@H](CC(=O)O)C(O)O. The summed E-state index contributed by atoms with van der Waals surface area (Å²) in [6, 6.07) is 2.99. The number of carbonyl (C=O) groups is 3. The van der Waals surface area contributed by atoms with Gasteiger partial charge in [0, 0.05) is 26.2 Å². The van der Waals surface area contributed by atoms with Crippen molar-refractivity contribution in [1.29, 1.82) is 0 Å². The van der Waals surface area contributed by atoms with E-state index < -0.39 is 36.9 Å². The summed E-state index contributed by atoms with van der Waals surface area (Å²) in [7, 11) is 1.29. The molecule has 2 aliphatic rings. The number of hydrogen-bond donors (Lipinski definition) is 5. The van der Waals surface area contributed by atoms with E-state index in [2.05, 4.69) is 15.5 Å². The van der Waals surface area contributed by atoms with Gasteiger partial charge in [0.25, 0.3) is 0 Å². The maximum Gasteiger partial charge on any atom is 0.409 e. The van der Waals surface area contributed by atoms with E-state index >= 15 is 0 Å². The highest BCUT2D eigenvalue weighted by atomic mass is 35.5. The molecule has 0 bridgehead atoms. The molecule has 2 amide bonds. The lowest BCUT2D eigenvalue weighted by atomic mass is 10.0. The van der Waals surface area contributed by atoms with Gasteiger partial charge < -0.3 is 40.5 Å². The van der Waals surface area contributed by atoms with E-state index in [1.54, 1.807) is 28.0 Å². The zero-order chi connectivity index (χ0) is 29.4. The van der Waals surface area contributed by atoms with Gasteiger partial charge >= 0.3 is 12.1 Å². The van der Waals surface area contributed by atoms with Crippen LogP contribution >= 0.6 is 35.4 Å². The van der Waals surface area contributed by atoms with Crippen LogP contribution in [0.1, 0.15) is 24.8 Å². The number of hydrogen-bond acceptors (Lipinski definition) is 8. The summed E-state index contributed by atoms with van der Waals surface area (Å²) >= 11 is 17.4. The third-order valence-electron chi connectivity index (χ3n) is 7.00. The van der Waals surface area contributed by atoms with Gasteiger partial charge in [-0.15, -0.1) is 0 Å². The molecule has 5 N–H and O–H groups in total. The van der Waals surface area contributed by atoms with E-state index in [1.807, 2.05) is 0 Å². The van der Waals surface area contributed by atoms with Gasteiger partial charge in [-0.1, -0.05) is 29.3 Å². The number of ether oxygens (including phenoxy) is 1. The normalized spacial score (nSPS) is 20.4. The van der Waals surface area contributed by atoms with E-state index in [9.17, 15) is 24.6 Å². The predicted octanol–water partition coefficient (Wildman–Crippen LogP) is 0.898. The van der Waals surface area contributed by atoms with Gasteiger partial charge in [-0.25, -0.2) is 4.79 Å². The molecule has 2 heterocycles. The molecule has 12 nitrogen and oxygen atoms in total. The Bertz CT molecular complexity index is 1080. The van der Waals surface area contributed by atoms with E-state index in [1.165, 1.54) is 7.11 Å². The number of methoxy groups -OCH3 is 1. The average Bonchev–Trinajstić information content (AvgIpc) is 3.41. The number of thiocarbonyl (C=S) groups is 1. The summed E-state index contributed by atoms with van der Waals surface area (Å²) in [5.74, 6) is -1.37. The third-order valence-corrected chi connectivity index (χ3v) is 8.00. The van der Waals surface area contributed by atoms with Gasteiger partial charge in [-0.05, 0) is 55.8 Å². The van der Waals surface area contributed by atoms with Crippen LogP contribution in [0.15, 0.2) is 18.2 Å². The summed E-state index contributed by atoms with van der Waals surface area (Å²) < 4.78 is 5.04. The zero-order valence-corrected chi connectivity index (χ0v) is 24.4. The number of halogens is 2. The number of carboxylic acid groups (broad SMARTS) is 1. The molecule has 2 fully saturated rings. The van der Waals surface area contributed by atoms with Crippen molar-refractivity contribution in [1.82, 2.24) is 25.3 Å². The van der Waals surface area contributed by atoms with Crippen molar-refractivity contribution >= 4 is 58.5 Å². The predicted molar refractivity (Wildman–Crippen MR) is 152 cm³/mol. The van der Waals surface area contributed by atoms with Crippen molar-refractivity contribution in [3.8, 4) is 0 Å². The molecule has 1 aromatic rings. The molecule has 3 rings (SSSR count). The summed E-state index contributed by atoms with van der Waals surface area (Å²) in [4.78, 5) is 43.0. The molecule has 15 heteroatoms. The number of aliphatic carboxylic acids is 1. The summed E-state index contributed by atoms with van der Waals surface area (Å²) in [6.45, 7) is 2.96. The number of amides is 2. The third kappa shape index (κ3) is 9.05. The van der Waals surface area contributed by atoms with Crippen molar-refractivity contribution < 1.29 is 34.4 Å². The second-order valence-electron chi connectivity index (χ2n) is 9.88. The molecule has 0 radical (unpaired) electrons. The van der Waals surface area contributed by atoms with Crippen LogP contribution in [0.2, 0.25) is 10.0 Å². The highest BCUT2D eigenvalue weighted by Crippen LogP contribution is 2.25. The van der Waals surface area contributed by atoms with Crippen molar-refractivity contribution in [2.45, 2.75) is 50.1 Å². The molecule has 2 unspecified atom stereocenters. The van der Waals surface area contributed by atoms with Crippen LogP contribution in [0.3, 0.4) is 0 Å². The number of nitrogens with zero attached hydrogens (tertiary/aromatic N) is 3. The molecule has 2 aliphatic heterocycles. The Kier molecular flexibility index (Phi) is 12.0. The number of benzene rings is 1. The maximum atomic E-state index is 13.6. The minimum absolute atomic E-state index is 0.0305. The molecule has 1 aromatic carbocycles. The largest absolute Gasteiger partial charge is 0.481 e. The molecule has 222 valence electrons. The minimum atomic E-state index is -1.96. The van der Waals surface area contributed by atoms with Crippen molar-refractivity contribution in [2.24, 2.45) is 0 Å². The smallest absolute Gasteiger partial charge is 0.409 e. The number of aliphatic hydroxyl groups is 2. The fraction of sp³-hybridized carbons (Fsp3) is 0.600. The topological polar surface area (TPSA) is 155 Å². The van der Waals surface area contributed by atoms with E-state index in [4.69, 9.17) is 45.3 Å². The number of nitrogens with one attached hydrogen (secondary N) is 2. The number of aliphatic hydroxyl groups excluding tert-OH is 1. The zero-order valence-electron chi connectivity index (χ0n) is 22.1. The van der Waals surface area contributed by atoms with Crippen LogP contribution in [-0.2, 0) is 20.7 Å². The number of rotatable bonds is 10. The van der Waals surface area contributed by atoms with Crippen LogP contribution in [0.5, 0.6) is 0 Å². The van der Waals surface area contributed by atoms with Gasteiger partial charge in [0.05, 0.1) is 48.1 Å². The molecule has 40 heavy (non-hydrogen) atoms. The van der Waals surface area contributed by atoms with Gasteiger partial charge in [0.1, 0.15) is 0 Å². The van der Waals surface area contributed by atoms with E-state index in [0.717, 1.165) is 25.9 Å². The van der Waals surface area contributed by atoms with Crippen molar-refractivity contribution in [3.05, 3.63) is 33.8 Å². The number of carbonyl (C=O) groups excluding carboxylic acids is 2. The monoisotopic (exact) mass is 619 g/mol. The lowest BCUT2D eigenvalue weighted by Gasteiger charge is -2.46. The van der Waals surface area contributed by atoms with Gasteiger partial charge in [-0.2, -0.15) is 0 Å². The second kappa shape index (κ2) is 15.0. The van der Waals surface area contributed by atoms with Crippen molar-refractivity contribution in [2.75, 3.05) is 46.4 Å². The van der Waals surface area contributed by atoms with E-state index in [0.29, 0.717) is 22.2 Å². The average molecular weight is 621 g/mol. The highest BCUT2D eigenvalue weighted by molar-refractivity contribution is 7.80. The number of carboxylic acids is 1. The standard InChI is InChI=1S/C25H35Cl2N5O7S/c1-39-25(38)32-14-17(12-30-6-2-3-7-30)31(21(33)9-15-4-5-18(26)19(27)8-15)13-16(32)11-28-24(40)29-20(23(36)37)10-22(34)35/h4-5,8,16-17,20,23,36-37H,2-3,6-7,9-14H2,1H3,(H,34,35)(H2,28,29,40)/t16?,17?,20-/m0/s1. The molecule has 3 atom stereocenters. The highest BCUT2D eigenvalue weighted by Gasteiger charge is 2.40. The maximum absolute atomic E-state index is 13.6. The van der Waals surface area contributed by atoms with Gasteiger partial charge in [-0.3, -0.25) is 14.5 Å². The fourth-order valence-corrected chi connectivity index (χ4v) is 5.52. The lowest BCUT2D eigenvalue weighted by molar-refractivity contribution is -0.141. The van der Waals surface area contributed by atoms with E-state index in [-0.39, 0.29) is 43.1 Å². The first-order valence-electron chi connectivity index (χ1n) is 12.9. The fourth-order valence-electron chi connectivity index (χ4n) is 4.96. The lowest BCUT2D eigenvalue weighted by Crippen LogP contribution is -2.66. The number of piperazine rings is 1. The Hall–Kier alpha value is -2.42. The number of likely N-dealkylation sites (tertiary alicyclic amines) is 1. The molecular formula is C25H35Cl2N5O7S. The Morgan fingerprint density at radius 2 is 1.77 bits per heavy atom. The summed E-state index contributed by atoms with van der Waals surface area (Å²) in [6.07, 6.45) is -0.843. The van der Waals surface area contributed by atoms with Crippen LogP contribution in [-0.4, -0.2) is 124 Å². The first-order chi connectivity index (χ1) is 19.0. The minimum Gasteiger partial charge on any atom is -0.481 e.